The average Bonchev–Trinajstić information content (AvgIpc) is 3.26. The van der Waals surface area contributed by atoms with Crippen LogP contribution in [0.1, 0.15) is 60.6 Å². The maximum absolute atomic E-state index is 14.5. The number of Topliss-reactive ketones (excluding diaryl/α,β-unsaturated/α-hetero) is 1. The average molecular weight is 904 g/mol. The maximum atomic E-state index is 14.5. The Labute approximate surface area is 371 Å². The summed E-state index contributed by atoms with van der Waals surface area (Å²) in [5.41, 5.74) is 12.7. The molecule has 5 rings (SSSR count). The lowest BCUT2D eigenvalue weighted by molar-refractivity contribution is -0.158. The number of carbonyl (C=O) groups is 7. The highest BCUT2D eigenvalue weighted by atomic mass is 35.5. The number of halogens is 3. The van der Waals surface area contributed by atoms with Gasteiger partial charge in [0.15, 0.2) is 0 Å². The molecule has 4 aromatic carbocycles. The standard InChI is InChI=1S/C45H48ClF2N7O9/c1-23(38(58)45(47,48)44(50)64)51-41(61)34-21-25-7-17-35(56)31(20-25)32-22-29(14-18-36(32)57)37(42(62)52-24(2)39(59)54-34)55(3)43(63)33(6-4-5-19-49)53-40(60)28-10-8-26(9-11-28)27-12-15-30(46)16-13-27/h7-18,20,22-24,33-34,37,56-57H,4-6,19,21,49H2,1-3H3,(H2,50,64)(H,51,61)(H,52,62)(H,53,60)(H,54,59)/t23-,24-,33-,34-,37-/m0/s1. The summed E-state index contributed by atoms with van der Waals surface area (Å²) in [5, 5.41) is 32.5. The van der Waals surface area contributed by atoms with E-state index in [-0.39, 0.29) is 52.2 Å². The van der Waals surface area contributed by atoms with Crippen molar-refractivity contribution < 1.29 is 52.6 Å². The number of hydrogen-bond acceptors (Lipinski definition) is 10. The second kappa shape index (κ2) is 20.5. The highest BCUT2D eigenvalue weighted by Gasteiger charge is 2.48. The molecule has 19 heteroatoms. The minimum absolute atomic E-state index is 0.000415. The molecule has 1 aliphatic rings. The maximum Gasteiger partial charge on any atom is 0.383 e. The molecule has 0 saturated heterocycles. The molecule has 0 spiro atoms. The Balaban J connectivity index is 1.49. The molecular formula is C45H48ClF2N7O9. The van der Waals surface area contributed by atoms with Crippen molar-refractivity contribution >= 4 is 52.8 Å². The molecular weight excluding hydrogens is 856 g/mol. The predicted octanol–water partition coefficient (Wildman–Crippen LogP) is 3.25. The highest BCUT2D eigenvalue weighted by Crippen LogP contribution is 2.39. The Morgan fingerprint density at radius 3 is 2.06 bits per heavy atom. The number of aromatic hydroxyl groups is 2. The number of carbonyl (C=O) groups excluding carboxylic acids is 7. The van der Waals surface area contributed by atoms with Crippen molar-refractivity contribution in [3.8, 4) is 33.8 Å². The highest BCUT2D eigenvalue weighted by molar-refractivity contribution is 6.30. The van der Waals surface area contributed by atoms with Crippen LogP contribution in [0.5, 0.6) is 11.5 Å². The van der Waals surface area contributed by atoms with E-state index in [2.05, 4.69) is 27.0 Å². The second-order valence-corrected chi connectivity index (χ2v) is 15.8. The number of nitrogens with one attached hydrogen (secondary N) is 4. The fourth-order valence-corrected chi connectivity index (χ4v) is 7.24. The van der Waals surface area contributed by atoms with Crippen molar-refractivity contribution in [3.05, 3.63) is 107 Å². The molecule has 0 unspecified atom stereocenters. The number of fused-ring (bicyclic) bond motifs is 5. The van der Waals surface area contributed by atoms with Crippen molar-refractivity contribution in [3.63, 3.8) is 0 Å². The Morgan fingerprint density at radius 2 is 1.45 bits per heavy atom. The van der Waals surface area contributed by atoms with Gasteiger partial charge in [-0.1, -0.05) is 48.0 Å². The van der Waals surface area contributed by atoms with Crippen LogP contribution in [0.3, 0.4) is 0 Å². The van der Waals surface area contributed by atoms with Crippen LogP contribution < -0.4 is 32.7 Å². The first kappa shape index (κ1) is 48.1. The number of phenols is 2. The quantitative estimate of drug-likeness (QED) is 0.0677. The van der Waals surface area contributed by atoms with E-state index in [4.69, 9.17) is 17.3 Å². The fourth-order valence-electron chi connectivity index (χ4n) is 7.11. The molecule has 0 aromatic heterocycles. The third-order valence-corrected chi connectivity index (χ3v) is 11.0. The van der Waals surface area contributed by atoms with E-state index in [0.29, 0.717) is 24.4 Å². The third kappa shape index (κ3) is 11.2. The molecule has 10 N–H and O–H groups in total. The van der Waals surface area contributed by atoms with E-state index < -0.39 is 77.4 Å². The van der Waals surface area contributed by atoms with Crippen molar-refractivity contribution in [1.82, 2.24) is 26.2 Å². The number of benzene rings is 4. The summed E-state index contributed by atoms with van der Waals surface area (Å²) in [4.78, 5) is 94.5. The van der Waals surface area contributed by atoms with Crippen LogP contribution in [0.25, 0.3) is 22.3 Å². The van der Waals surface area contributed by atoms with E-state index in [9.17, 15) is 52.6 Å². The van der Waals surface area contributed by atoms with Gasteiger partial charge in [-0.05, 0) is 110 Å². The first-order valence-corrected chi connectivity index (χ1v) is 20.5. The monoisotopic (exact) mass is 903 g/mol. The largest absolute Gasteiger partial charge is 0.507 e. The van der Waals surface area contributed by atoms with E-state index in [1.807, 2.05) is 12.1 Å². The van der Waals surface area contributed by atoms with Gasteiger partial charge in [-0.2, -0.15) is 8.78 Å². The van der Waals surface area contributed by atoms with Gasteiger partial charge in [0.25, 0.3) is 11.8 Å². The Hall–Kier alpha value is -6.92. The van der Waals surface area contributed by atoms with Gasteiger partial charge >= 0.3 is 5.92 Å². The van der Waals surface area contributed by atoms with Gasteiger partial charge in [-0.3, -0.25) is 33.6 Å². The number of primary amides is 1. The number of alkyl halides is 2. The minimum atomic E-state index is -4.62. The molecule has 0 fully saturated rings. The smallest absolute Gasteiger partial charge is 0.383 e. The number of ketones is 1. The van der Waals surface area contributed by atoms with Gasteiger partial charge < -0.3 is 47.8 Å². The first-order chi connectivity index (χ1) is 30.2. The van der Waals surface area contributed by atoms with Crippen LogP contribution in [0.2, 0.25) is 5.02 Å². The molecule has 4 bridgehead atoms. The predicted molar refractivity (Wildman–Crippen MR) is 232 cm³/mol. The van der Waals surface area contributed by atoms with E-state index >= 15 is 0 Å². The number of amides is 6. The first-order valence-electron chi connectivity index (χ1n) is 20.1. The lowest BCUT2D eigenvalue weighted by Gasteiger charge is -2.32. The summed E-state index contributed by atoms with van der Waals surface area (Å²) in [6.07, 6.45) is 0.687. The topological polar surface area (TPSA) is 263 Å². The van der Waals surface area contributed by atoms with Crippen LogP contribution in [0.15, 0.2) is 84.9 Å². The molecule has 1 aliphatic heterocycles. The van der Waals surface area contributed by atoms with Crippen LogP contribution in [-0.4, -0.2) is 100 Å². The zero-order valence-electron chi connectivity index (χ0n) is 35.0. The van der Waals surface area contributed by atoms with Crippen LogP contribution in [-0.2, 0) is 35.2 Å². The Morgan fingerprint density at radius 1 is 0.859 bits per heavy atom. The van der Waals surface area contributed by atoms with Crippen molar-refractivity contribution in [2.75, 3.05) is 13.6 Å². The summed E-state index contributed by atoms with van der Waals surface area (Å²) in [5.74, 6) is -13.8. The molecule has 0 saturated carbocycles. The Kier molecular flexibility index (Phi) is 15.4. The third-order valence-electron chi connectivity index (χ3n) is 10.7. The summed E-state index contributed by atoms with van der Waals surface area (Å²) < 4.78 is 28.4. The molecule has 64 heavy (non-hydrogen) atoms. The zero-order valence-corrected chi connectivity index (χ0v) is 35.7. The minimum Gasteiger partial charge on any atom is -0.507 e. The van der Waals surface area contributed by atoms with Gasteiger partial charge in [0.2, 0.25) is 29.4 Å². The lowest BCUT2D eigenvalue weighted by atomic mass is 9.93. The SMILES string of the molecule is C[C@@H]1NC(=O)[C@@H](N(C)C(=O)[C@H](CCCCN)NC(=O)c2ccc(-c3ccc(Cl)cc3)cc2)c2ccc(O)c(c2)-c2cc(ccc2O)C[C@@H](C(=O)N[C@@H](C)C(=O)C(F)(F)C(N)=O)NC1=O. The molecule has 4 aromatic rings. The summed E-state index contributed by atoms with van der Waals surface area (Å²) >= 11 is 6.03. The Bertz CT molecular complexity index is 2440. The molecule has 0 radical (unpaired) electrons. The number of likely N-dealkylation sites (N-methyl/N-ethyl adjacent to an activating group) is 1. The summed E-state index contributed by atoms with van der Waals surface area (Å²) in [6.45, 7) is 2.48. The van der Waals surface area contributed by atoms with Crippen LogP contribution in [0, 0.1) is 0 Å². The molecule has 338 valence electrons. The molecule has 6 amide bonds. The number of nitrogens with zero attached hydrogens (tertiary/aromatic N) is 1. The fraction of sp³-hybridized carbons (Fsp3) is 0.311. The van der Waals surface area contributed by atoms with E-state index in [1.165, 1.54) is 50.4 Å². The second-order valence-electron chi connectivity index (χ2n) is 15.4. The van der Waals surface area contributed by atoms with Crippen LogP contribution >= 0.6 is 11.6 Å². The molecule has 1 heterocycles. The van der Waals surface area contributed by atoms with Gasteiger partial charge in [-0.25, -0.2) is 0 Å². The van der Waals surface area contributed by atoms with Crippen molar-refractivity contribution in [2.24, 2.45) is 11.5 Å². The lowest BCUT2D eigenvalue weighted by Crippen LogP contribution is -2.58. The number of phenolic OH excluding ortho intramolecular Hbond substituents is 2. The van der Waals surface area contributed by atoms with Gasteiger partial charge in [0, 0.05) is 35.2 Å². The van der Waals surface area contributed by atoms with Gasteiger partial charge in [-0.15, -0.1) is 0 Å². The van der Waals surface area contributed by atoms with E-state index in [0.717, 1.165) is 23.0 Å². The zero-order chi connectivity index (χ0) is 47.0. The number of unbranched alkanes of at least 4 members (excludes halogenated alkanes) is 1. The number of rotatable bonds is 14. The van der Waals surface area contributed by atoms with Crippen LogP contribution in [0.4, 0.5) is 8.78 Å². The number of hydrogen-bond donors (Lipinski definition) is 8. The van der Waals surface area contributed by atoms with E-state index in [1.54, 1.807) is 36.4 Å². The summed E-state index contributed by atoms with van der Waals surface area (Å²) in [6, 6.07) is 14.1. The normalized spacial score (nSPS) is 17.4. The van der Waals surface area contributed by atoms with Gasteiger partial charge in [0.1, 0.15) is 35.7 Å². The molecule has 5 atom stereocenters. The summed E-state index contributed by atoms with van der Waals surface area (Å²) in [7, 11) is 1.32. The molecule has 0 aliphatic carbocycles. The van der Waals surface area contributed by atoms with Crippen molar-refractivity contribution in [2.45, 2.75) is 75.7 Å². The number of nitrogens with two attached hydrogens (primary N) is 2. The van der Waals surface area contributed by atoms with Gasteiger partial charge in [0.05, 0.1) is 6.04 Å². The molecule has 16 nitrogen and oxygen atoms in total. The van der Waals surface area contributed by atoms with Crippen molar-refractivity contribution in [1.29, 1.82) is 0 Å².